The van der Waals surface area contributed by atoms with E-state index in [1.165, 1.54) is 22.3 Å². The van der Waals surface area contributed by atoms with Gasteiger partial charge in [0.15, 0.2) is 0 Å². The second kappa shape index (κ2) is 34.2. The molecular formula is C60H52BrFK2N2O9. The van der Waals surface area contributed by atoms with Crippen molar-refractivity contribution in [1.29, 1.82) is 5.26 Å². The Hall–Kier alpha value is -5.56. The molecule has 15 heteroatoms. The first-order valence-corrected chi connectivity index (χ1v) is 23.7. The normalized spacial score (nSPS) is 9.84. The molecule has 8 aromatic carbocycles. The van der Waals surface area contributed by atoms with Gasteiger partial charge in [-0.05, 0) is 117 Å². The van der Waals surface area contributed by atoms with E-state index in [2.05, 4.69) is 129 Å². The number of halogens is 2. The van der Waals surface area contributed by atoms with Crippen LogP contribution in [-0.2, 0) is 24.0 Å². The Balaban J connectivity index is 0.000000415. The predicted octanol–water partition coefficient (Wildman–Crippen LogP) is 7.54. The minimum Gasteiger partial charge on any atom is -1.00 e. The minimum absolute atomic E-state index is 0. The summed E-state index contributed by atoms with van der Waals surface area (Å²) in [6.45, 7) is 4.07. The first-order valence-electron chi connectivity index (χ1n) is 23.3. The molecule has 0 atom stereocenters. The molecule has 0 saturated carbocycles. The van der Waals surface area contributed by atoms with E-state index in [0.29, 0.717) is 28.6 Å². The zero-order valence-electron chi connectivity index (χ0n) is 43.9. The van der Waals surface area contributed by atoms with Crippen molar-refractivity contribution in [2.45, 2.75) is 13.8 Å². The number of esters is 2. The maximum Gasteiger partial charge on any atom is 1.00 e. The Morgan fingerprint density at radius 1 is 0.653 bits per heavy atom. The van der Waals surface area contributed by atoms with Crippen LogP contribution in [0, 0.1) is 11.3 Å². The number of benzene rings is 8. The van der Waals surface area contributed by atoms with Gasteiger partial charge >= 0.3 is 115 Å². The number of phenolic OH excluding ortho intramolecular Hbond substituents is 1. The van der Waals surface area contributed by atoms with Crippen molar-refractivity contribution in [3.05, 3.63) is 205 Å². The molecule has 0 radical (unpaired) electrons. The zero-order valence-corrected chi connectivity index (χ0v) is 49.7. The van der Waals surface area contributed by atoms with Gasteiger partial charge in [-0.15, -0.1) is 0 Å². The molecule has 0 saturated heterocycles. The summed E-state index contributed by atoms with van der Waals surface area (Å²) < 4.78 is 30.7. The first-order chi connectivity index (χ1) is 36.0. The van der Waals surface area contributed by atoms with E-state index in [4.69, 9.17) is 31.6 Å². The number of ether oxygens (including phenoxy) is 2. The van der Waals surface area contributed by atoms with Crippen molar-refractivity contribution in [3.8, 4) is 78.6 Å². The van der Waals surface area contributed by atoms with Crippen molar-refractivity contribution in [1.82, 2.24) is 0 Å². The van der Waals surface area contributed by atoms with Crippen molar-refractivity contribution in [2.24, 2.45) is 0 Å². The number of hydrogen-bond acceptors (Lipinski definition) is 11. The van der Waals surface area contributed by atoms with Crippen molar-refractivity contribution < 1.29 is 153 Å². The summed E-state index contributed by atoms with van der Waals surface area (Å²) in [5.74, 6) is -0.693. The number of anilines is 1. The van der Waals surface area contributed by atoms with E-state index < -0.39 is 13.1 Å². The standard InChI is InChI=1S/C29H23NO3.C25H17NO.C4H7BrO2.CH3F.CH2O3.2K.H/c1-2-32-29(31)28-27(30)25-18-24(15-16-26(25)33-28)23-10-6-9-22(17-23)21-13-11-20(12-14-21)19-7-4-3-5-8-19;26-17-24-16-23(13-14-25(24)27)22-8-4-7-21(15-22)20-11-9-19(10-12-20)18-5-2-1-3-6-18;1-2-7-4(6)3-5;1-2;2-1-4-3;;;/h3-18H,2,30H2,1H3;1-16,27H;2-3H2,1H3;1H3;1,3H;;;/q;;;;;2*+1;-1/p-1/i;;;1D;;;;. The maximum absolute atomic E-state index is 12.1. The quantitative estimate of drug-likeness (QED) is 0.0326. The van der Waals surface area contributed by atoms with Gasteiger partial charge in [0.05, 0.1) is 33.0 Å². The molecule has 3 N–H and O–H groups in total. The number of phenols is 1. The van der Waals surface area contributed by atoms with Gasteiger partial charge in [0, 0.05) is 5.39 Å². The third-order valence-corrected chi connectivity index (χ3v) is 11.3. The Labute approximate surface area is 532 Å². The number of hydrogen-bond donors (Lipinski definition) is 2. The van der Waals surface area contributed by atoms with Gasteiger partial charge in [-0.1, -0.05) is 174 Å². The van der Waals surface area contributed by atoms with Gasteiger partial charge < -0.3 is 36.3 Å². The number of nitrogens with zero attached hydrogens (tertiary/aromatic N) is 1. The van der Waals surface area contributed by atoms with Gasteiger partial charge in [0.2, 0.25) is 5.76 Å². The summed E-state index contributed by atoms with van der Waals surface area (Å²) in [4.78, 5) is 33.5. The van der Waals surface area contributed by atoms with Crippen LogP contribution in [0.1, 0.15) is 32.8 Å². The van der Waals surface area contributed by atoms with E-state index in [1.54, 1.807) is 26.0 Å². The largest absolute Gasteiger partial charge is 1.00 e. The van der Waals surface area contributed by atoms with Crippen LogP contribution in [-0.4, -0.2) is 49.2 Å². The Bertz CT molecular complexity index is 3280. The van der Waals surface area contributed by atoms with Gasteiger partial charge in [-0.3, -0.25) is 14.0 Å². The van der Waals surface area contributed by atoms with Crippen LogP contribution in [0.25, 0.3) is 77.7 Å². The number of alkyl halides is 2. The monoisotopic (exact) mass is 1120 g/mol. The van der Waals surface area contributed by atoms with Crippen molar-refractivity contribution in [2.75, 3.05) is 31.4 Å². The number of nitriles is 1. The van der Waals surface area contributed by atoms with E-state index in [0.717, 1.165) is 44.5 Å². The minimum atomic E-state index is -1.00. The molecule has 75 heavy (non-hydrogen) atoms. The average Bonchev–Trinajstić information content (AvgIpc) is 3.79. The summed E-state index contributed by atoms with van der Waals surface area (Å²) in [6, 6.07) is 67.2. The number of furan rings is 1. The molecule has 0 aliphatic rings. The summed E-state index contributed by atoms with van der Waals surface area (Å²) in [6.07, 6.45) is 0. The molecule has 0 bridgehead atoms. The number of nitrogen functional groups attached to an aromatic ring is 1. The first kappa shape index (κ1) is 62.0. The summed E-state index contributed by atoms with van der Waals surface area (Å²) >= 11 is 2.94. The van der Waals surface area contributed by atoms with Crippen LogP contribution >= 0.6 is 15.9 Å². The molecule has 11 nitrogen and oxygen atoms in total. The smallest absolute Gasteiger partial charge is 1.00 e. The second-order valence-corrected chi connectivity index (χ2v) is 15.9. The van der Waals surface area contributed by atoms with Gasteiger partial charge in [0.1, 0.15) is 22.7 Å². The van der Waals surface area contributed by atoms with Gasteiger partial charge in [-0.25, -0.2) is 4.79 Å². The van der Waals surface area contributed by atoms with E-state index in [9.17, 15) is 19.1 Å². The molecule has 1 aromatic heterocycles. The molecule has 0 aliphatic heterocycles. The van der Waals surface area contributed by atoms with Crippen LogP contribution < -0.4 is 114 Å². The van der Waals surface area contributed by atoms with Crippen LogP contribution in [0.2, 0.25) is 0 Å². The summed E-state index contributed by atoms with van der Waals surface area (Å²) in [5, 5.41) is 28.3. The fourth-order valence-corrected chi connectivity index (χ4v) is 7.54. The SMILES string of the molecule is CCOC(=O)CBr.CCOC(=O)c1oc2ccc(-c3cccc(-c4ccc(-c5ccccc5)cc4)c3)cc2c1N.N#Cc1cc(-c2cccc(-c3ccc(-c4ccccc4)cc3)c2)ccc1O.O=CO[O-].[2H]CF.[H-].[K+].[K+]. The van der Waals surface area contributed by atoms with Gasteiger partial charge in [-0.2, -0.15) is 5.26 Å². The molecule has 1 heterocycles. The van der Waals surface area contributed by atoms with Gasteiger partial charge in [0.25, 0.3) is 6.47 Å². The molecule has 372 valence electrons. The zero-order chi connectivity index (χ0) is 53.2. The number of nitrogens with two attached hydrogens (primary N) is 1. The molecule has 0 spiro atoms. The van der Waals surface area contributed by atoms with E-state index in [1.807, 2.05) is 84.9 Å². The number of rotatable bonds is 11. The second-order valence-electron chi connectivity index (χ2n) is 15.3. The molecular weight excluding hydrogens is 1070 g/mol. The summed E-state index contributed by atoms with van der Waals surface area (Å²) in [5.41, 5.74) is 20.6. The van der Waals surface area contributed by atoms with Crippen LogP contribution in [0.4, 0.5) is 10.1 Å². The molecule has 0 unspecified atom stereocenters. The van der Waals surface area contributed by atoms with Crippen molar-refractivity contribution >= 4 is 51.0 Å². The van der Waals surface area contributed by atoms with Crippen LogP contribution in [0.15, 0.2) is 199 Å². The van der Waals surface area contributed by atoms with E-state index in [-0.39, 0.29) is 140 Å². The van der Waals surface area contributed by atoms with Crippen molar-refractivity contribution in [3.63, 3.8) is 0 Å². The Kier molecular flexibility index (Phi) is 28.2. The number of carbonyl (C=O) groups is 3. The topological polar surface area (TPSA) is 185 Å². The number of fused-ring (bicyclic) bond motifs is 1. The number of aromatic hydroxyl groups is 1. The fraction of sp³-hybridized carbons (Fsp3) is 0.100. The molecule has 0 amide bonds. The summed E-state index contributed by atoms with van der Waals surface area (Å²) in [7, 11) is -1.00. The number of carbonyl (C=O) groups excluding carboxylic acids is 3. The Morgan fingerprint density at radius 2 is 1.01 bits per heavy atom. The average molecular weight is 1120 g/mol. The third kappa shape index (κ3) is 18.6. The third-order valence-electron chi connectivity index (χ3n) is 10.8. The van der Waals surface area contributed by atoms with Crippen LogP contribution in [0.5, 0.6) is 5.75 Å². The molecule has 0 aliphatic carbocycles. The molecule has 9 aromatic rings. The maximum atomic E-state index is 12.1. The Morgan fingerprint density at radius 3 is 1.41 bits per heavy atom. The van der Waals surface area contributed by atoms with E-state index >= 15 is 0 Å². The molecule has 9 rings (SSSR count). The molecule has 0 fully saturated rings. The predicted molar refractivity (Wildman–Crippen MR) is 288 cm³/mol. The fourth-order valence-electron chi connectivity index (χ4n) is 7.38. The van der Waals surface area contributed by atoms with Crippen LogP contribution in [0.3, 0.4) is 0 Å².